The van der Waals surface area contributed by atoms with Crippen molar-refractivity contribution in [3.05, 3.63) is 18.1 Å². The molecule has 2 atom stereocenters. The van der Waals surface area contributed by atoms with Crippen LogP contribution in [0.5, 0.6) is 0 Å². The van der Waals surface area contributed by atoms with Crippen LogP contribution >= 0.6 is 0 Å². The van der Waals surface area contributed by atoms with Crippen molar-refractivity contribution in [1.82, 2.24) is 14.9 Å². The molecule has 5 nitrogen and oxygen atoms in total. The first-order chi connectivity index (χ1) is 8.63. The summed E-state index contributed by atoms with van der Waals surface area (Å²) in [6, 6.07) is 0.275. The van der Waals surface area contributed by atoms with Gasteiger partial charge in [-0.1, -0.05) is 6.92 Å². The van der Waals surface area contributed by atoms with Crippen molar-refractivity contribution in [2.75, 3.05) is 18.9 Å². The maximum absolute atomic E-state index is 12.4. The minimum atomic E-state index is -0.01000. The molecule has 0 aliphatic carbocycles. The number of carbonyl (C=O) groups is 1. The number of amides is 1. The maximum atomic E-state index is 12.4. The molecular formula is C13H20N4O. The molecule has 1 aliphatic rings. The molecule has 0 aromatic carbocycles. The summed E-state index contributed by atoms with van der Waals surface area (Å²) in [5.41, 5.74) is 0.426. The van der Waals surface area contributed by atoms with E-state index < -0.39 is 0 Å². The SMILES string of the molecule is CNc1cnc(C(=O)N2CCCC(C)C2C)cn1. The number of rotatable bonds is 2. The van der Waals surface area contributed by atoms with Crippen molar-refractivity contribution >= 4 is 11.7 Å². The van der Waals surface area contributed by atoms with Gasteiger partial charge in [0.05, 0.1) is 12.4 Å². The molecular weight excluding hydrogens is 228 g/mol. The van der Waals surface area contributed by atoms with Gasteiger partial charge in [-0.3, -0.25) is 4.79 Å². The van der Waals surface area contributed by atoms with E-state index in [1.54, 1.807) is 19.4 Å². The van der Waals surface area contributed by atoms with Crippen LogP contribution in [0.4, 0.5) is 5.82 Å². The maximum Gasteiger partial charge on any atom is 0.274 e. The number of piperidine rings is 1. The molecule has 0 saturated carbocycles. The highest BCUT2D eigenvalue weighted by atomic mass is 16.2. The molecule has 0 bridgehead atoms. The van der Waals surface area contributed by atoms with Crippen molar-refractivity contribution in [3.63, 3.8) is 0 Å². The molecule has 98 valence electrons. The van der Waals surface area contributed by atoms with Gasteiger partial charge in [-0.05, 0) is 25.7 Å². The third kappa shape index (κ3) is 2.44. The van der Waals surface area contributed by atoms with E-state index in [1.165, 1.54) is 6.42 Å². The van der Waals surface area contributed by atoms with E-state index in [2.05, 4.69) is 29.1 Å². The molecule has 0 spiro atoms. The normalized spacial score (nSPS) is 23.8. The molecule has 2 unspecified atom stereocenters. The summed E-state index contributed by atoms with van der Waals surface area (Å²) in [4.78, 5) is 22.6. The van der Waals surface area contributed by atoms with E-state index in [-0.39, 0.29) is 11.9 Å². The Morgan fingerprint density at radius 2 is 2.17 bits per heavy atom. The summed E-state index contributed by atoms with van der Waals surface area (Å²) < 4.78 is 0. The lowest BCUT2D eigenvalue weighted by atomic mass is 9.92. The van der Waals surface area contributed by atoms with Crippen molar-refractivity contribution in [1.29, 1.82) is 0 Å². The summed E-state index contributed by atoms with van der Waals surface area (Å²) in [5.74, 6) is 1.21. The number of hydrogen-bond acceptors (Lipinski definition) is 4. The Morgan fingerprint density at radius 3 is 2.78 bits per heavy atom. The van der Waals surface area contributed by atoms with Gasteiger partial charge < -0.3 is 10.2 Å². The van der Waals surface area contributed by atoms with E-state index in [1.807, 2.05) is 4.90 Å². The van der Waals surface area contributed by atoms with Crippen LogP contribution in [0.25, 0.3) is 0 Å². The first-order valence-corrected chi connectivity index (χ1v) is 6.44. The van der Waals surface area contributed by atoms with Crippen LogP contribution < -0.4 is 5.32 Å². The van der Waals surface area contributed by atoms with E-state index >= 15 is 0 Å². The highest BCUT2D eigenvalue weighted by Crippen LogP contribution is 2.24. The van der Waals surface area contributed by atoms with Crippen molar-refractivity contribution in [3.8, 4) is 0 Å². The standard InChI is InChI=1S/C13H20N4O/c1-9-5-4-6-17(10(9)2)13(18)11-7-16-12(14-3)8-15-11/h7-10H,4-6H2,1-3H3,(H,14,16). The molecule has 2 heterocycles. The summed E-state index contributed by atoms with van der Waals surface area (Å²) in [6.07, 6.45) is 5.39. The molecule has 1 amide bonds. The van der Waals surface area contributed by atoms with Crippen LogP contribution in [-0.4, -0.2) is 40.4 Å². The summed E-state index contributed by atoms with van der Waals surface area (Å²) in [6.45, 7) is 5.12. The molecule has 1 aliphatic heterocycles. The lowest BCUT2D eigenvalue weighted by molar-refractivity contribution is 0.0544. The minimum Gasteiger partial charge on any atom is -0.372 e. The number of carbonyl (C=O) groups excluding carboxylic acids is 1. The van der Waals surface area contributed by atoms with Gasteiger partial charge in [0.25, 0.3) is 5.91 Å². The fourth-order valence-electron chi connectivity index (χ4n) is 2.34. The second kappa shape index (κ2) is 5.33. The molecule has 1 aromatic heterocycles. The quantitative estimate of drug-likeness (QED) is 0.866. The smallest absolute Gasteiger partial charge is 0.274 e. The first-order valence-electron chi connectivity index (χ1n) is 6.44. The molecule has 1 fully saturated rings. The van der Waals surface area contributed by atoms with Gasteiger partial charge in [0, 0.05) is 19.6 Å². The number of hydrogen-bond donors (Lipinski definition) is 1. The zero-order valence-electron chi connectivity index (χ0n) is 11.2. The van der Waals surface area contributed by atoms with Gasteiger partial charge in [-0.15, -0.1) is 0 Å². The predicted molar refractivity (Wildman–Crippen MR) is 70.5 cm³/mol. The number of aromatic nitrogens is 2. The van der Waals surface area contributed by atoms with Gasteiger partial charge >= 0.3 is 0 Å². The summed E-state index contributed by atoms with van der Waals surface area (Å²) in [7, 11) is 1.78. The zero-order chi connectivity index (χ0) is 13.1. The van der Waals surface area contributed by atoms with Gasteiger partial charge in [0.1, 0.15) is 11.5 Å². The first kappa shape index (κ1) is 12.8. The fraction of sp³-hybridized carbons (Fsp3) is 0.615. The monoisotopic (exact) mass is 248 g/mol. The van der Waals surface area contributed by atoms with Gasteiger partial charge in [-0.25, -0.2) is 9.97 Å². The minimum absolute atomic E-state index is 0.01000. The number of anilines is 1. The van der Waals surface area contributed by atoms with Crippen molar-refractivity contribution in [2.45, 2.75) is 32.7 Å². The Balaban J connectivity index is 2.14. The van der Waals surface area contributed by atoms with Crippen LogP contribution in [0.3, 0.4) is 0 Å². The van der Waals surface area contributed by atoms with Crippen LogP contribution in [0.1, 0.15) is 37.2 Å². The number of nitrogens with one attached hydrogen (secondary N) is 1. The Kier molecular flexibility index (Phi) is 3.79. The predicted octanol–water partition coefficient (Wildman–Crippen LogP) is 1.78. The second-order valence-electron chi connectivity index (χ2n) is 4.90. The van der Waals surface area contributed by atoms with Gasteiger partial charge in [0.2, 0.25) is 0 Å². The molecule has 2 rings (SSSR count). The molecule has 1 aromatic rings. The molecule has 1 saturated heterocycles. The Bertz CT molecular complexity index is 418. The number of nitrogens with zero attached hydrogens (tertiary/aromatic N) is 3. The lowest BCUT2D eigenvalue weighted by Gasteiger charge is -2.37. The van der Waals surface area contributed by atoms with Crippen LogP contribution in [0.2, 0.25) is 0 Å². The third-order valence-corrected chi connectivity index (χ3v) is 3.76. The molecule has 18 heavy (non-hydrogen) atoms. The summed E-state index contributed by atoms with van der Waals surface area (Å²) in [5, 5.41) is 2.89. The molecule has 5 heteroatoms. The van der Waals surface area contributed by atoms with E-state index in [0.717, 1.165) is 13.0 Å². The van der Waals surface area contributed by atoms with Crippen molar-refractivity contribution in [2.24, 2.45) is 5.92 Å². The van der Waals surface area contributed by atoms with Crippen LogP contribution in [0, 0.1) is 5.92 Å². The Hall–Kier alpha value is -1.65. The van der Waals surface area contributed by atoms with E-state index in [4.69, 9.17) is 0 Å². The topological polar surface area (TPSA) is 58.1 Å². The van der Waals surface area contributed by atoms with E-state index in [0.29, 0.717) is 17.4 Å². The van der Waals surface area contributed by atoms with Crippen molar-refractivity contribution < 1.29 is 4.79 Å². The largest absolute Gasteiger partial charge is 0.372 e. The third-order valence-electron chi connectivity index (χ3n) is 3.76. The average molecular weight is 248 g/mol. The number of likely N-dealkylation sites (tertiary alicyclic amines) is 1. The second-order valence-corrected chi connectivity index (χ2v) is 4.90. The fourth-order valence-corrected chi connectivity index (χ4v) is 2.34. The van der Waals surface area contributed by atoms with Crippen LogP contribution in [-0.2, 0) is 0 Å². The Labute approximate surface area is 108 Å². The highest BCUT2D eigenvalue weighted by Gasteiger charge is 2.29. The summed E-state index contributed by atoms with van der Waals surface area (Å²) >= 11 is 0. The van der Waals surface area contributed by atoms with E-state index in [9.17, 15) is 4.79 Å². The van der Waals surface area contributed by atoms with Crippen LogP contribution in [0.15, 0.2) is 12.4 Å². The average Bonchev–Trinajstić information content (AvgIpc) is 2.41. The van der Waals surface area contributed by atoms with Gasteiger partial charge in [0.15, 0.2) is 0 Å². The molecule has 0 radical (unpaired) electrons. The Morgan fingerprint density at radius 1 is 1.39 bits per heavy atom. The zero-order valence-corrected chi connectivity index (χ0v) is 11.2. The highest BCUT2D eigenvalue weighted by molar-refractivity contribution is 5.92. The molecule has 1 N–H and O–H groups in total. The van der Waals surface area contributed by atoms with Gasteiger partial charge in [-0.2, -0.15) is 0 Å². The lowest BCUT2D eigenvalue weighted by Crippen LogP contribution is -2.46.